The van der Waals surface area contributed by atoms with Crippen LogP contribution in [-0.2, 0) is 11.3 Å². The molecule has 2 aromatic heterocycles. The maximum absolute atomic E-state index is 12.3. The van der Waals surface area contributed by atoms with Crippen LogP contribution in [0.5, 0.6) is 0 Å². The van der Waals surface area contributed by atoms with E-state index in [1.807, 2.05) is 12.3 Å². The lowest BCUT2D eigenvalue weighted by atomic mass is 10.0. The number of aromatic nitrogens is 2. The summed E-state index contributed by atoms with van der Waals surface area (Å²) in [4.78, 5) is 28.7. The van der Waals surface area contributed by atoms with Gasteiger partial charge in [-0.25, -0.2) is 4.98 Å². The van der Waals surface area contributed by atoms with Gasteiger partial charge in [0.2, 0.25) is 0 Å². The molecule has 19 heavy (non-hydrogen) atoms. The number of fused-ring (bicyclic) bond motifs is 1. The van der Waals surface area contributed by atoms with E-state index in [0.717, 1.165) is 36.8 Å². The molecule has 5 heteroatoms. The Morgan fingerprint density at radius 3 is 2.95 bits per heavy atom. The third kappa shape index (κ3) is 2.23. The van der Waals surface area contributed by atoms with Gasteiger partial charge < -0.3 is 0 Å². The van der Waals surface area contributed by atoms with Crippen molar-refractivity contribution in [3.63, 3.8) is 0 Å². The van der Waals surface area contributed by atoms with Crippen LogP contribution in [0.2, 0.25) is 0 Å². The normalized spacial score (nSPS) is 16.3. The van der Waals surface area contributed by atoms with Crippen molar-refractivity contribution in [1.29, 1.82) is 0 Å². The van der Waals surface area contributed by atoms with Crippen molar-refractivity contribution in [1.82, 2.24) is 9.55 Å². The molecular weight excluding hydrogens is 260 g/mol. The van der Waals surface area contributed by atoms with Gasteiger partial charge in [-0.3, -0.25) is 14.2 Å². The van der Waals surface area contributed by atoms with E-state index in [2.05, 4.69) is 4.98 Å². The van der Waals surface area contributed by atoms with Gasteiger partial charge >= 0.3 is 0 Å². The molecule has 1 aliphatic carbocycles. The summed E-state index contributed by atoms with van der Waals surface area (Å²) in [5.74, 6) is 0.321. The average Bonchev–Trinajstić information content (AvgIpc) is 3.03. The van der Waals surface area contributed by atoms with Gasteiger partial charge in [-0.1, -0.05) is 12.8 Å². The first kappa shape index (κ1) is 12.5. The summed E-state index contributed by atoms with van der Waals surface area (Å²) in [6.45, 7) is 2.11. The third-order valence-electron chi connectivity index (χ3n) is 3.86. The highest BCUT2D eigenvalue weighted by molar-refractivity contribution is 7.17. The molecule has 4 nitrogen and oxygen atoms in total. The fourth-order valence-corrected chi connectivity index (χ4v) is 3.67. The van der Waals surface area contributed by atoms with Crippen LogP contribution in [0.3, 0.4) is 0 Å². The maximum Gasteiger partial charge on any atom is 0.271 e. The topological polar surface area (TPSA) is 52.0 Å². The van der Waals surface area contributed by atoms with Crippen LogP contribution in [0.4, 0.5) is 0 Å². The number of aryl methyl sites for hydroxylation is 1. The molecule has 0 amide bonds. The van der Waals surface area contributed by atoms with E-state index in [9.17, 15) is 9.59 Å². The van der Waals surface area contributed by atoms with Crippen molar-refractivity contribution < 1.29 is 4.79 Å². The highest BCUT2D eigenvalue weighted by Crippen LogP contribution is 2.26. The smallest absolute Gasteiger partial charge is 0.271 e. The molecule has 0 bridgehead atoms. The molecule has 3 rings (SSSR count). The van der Waals surface area contributed by atoms with Crippen LogP contribution in [-0.4, -0.2) is 15.3 Å². The fraction of sp³-hybridized carbons (Fsp3) is 0.500. The SMILES string of the molecule is Cc1csc2c(=O)n(CC(=O)C3CCCC3)cnc12. The Labute approximate surface area is 115 Å². The van der Waals surface area contributed by atoms with Crippen molar-refractivity contribution in [2.24, 2.45) is 5.92 Å². The van der Waals surface area contributed by atoms with Gasteiger partial charge in [0.25, 0.3) is 5.56 Å². The van der Waals surface area contributed by atoms with Gasteiger partial charge in [-0.05, 0) is 30.7 Å². The zero-order valence-corrected chi connectivity index (χ0v) is 11.7. The van der Waals surface area contributed by atoms with E-state index in [0.29, 0.717) is 4.70 Å². The van der Waals surface area contributed by atoms with Crippen molar-refractivity contribution in [3.05, 3.63) is 27.6 Å². The maximum atomic E-state index is 12.3. The number of carbonyl (C=O) groups excluding carboxylic acids is 1. The van der Waals surface area contributed by atoms with E-state index in [4.69, 9.17) is 0 Å². The first-order valence-corrected chi connectivity index (χ1v) is 7.50. The standard InChI is InChI=1S/C14H16N2O2S/c1-9-7-19-13-12(9)15-8-16(14(13)18)6-11(17)10-4-2-3-5-10/h7-8,10H,2-6H2,1H3. The molecular formula is C14H16N2O2S. The second-order valence-corrected chi connectivity index (χ2v) is 6.10. The Balaban J connectivity index is 1.90. The van der Waals surface area contributed by atoms with Gasteiger partial charge in [0.1, 0.15) is 4.70 Å². The van der Waals surface area contributed by atoms with Crippen LogP contribution in [0.25, 0.3) is 10.2 Å². The summed E-state index contributed by atoms with van der Waals surface area (Å²) < 4.78 is 2.11. The molecule has 0 N–H and O–H groups in total. The molecule has 1 saturated carbocycles. The number of nitrogens with zero attached hydrogens (tertiary/aromatic N) is 2. The molecule has 2 heterocycles. The van der Waals surface area contributed by atoms with Gasteiger partial charge in [-0.15, -0.1) is 11.3 Å². The summed E-state index contributed by atoms with van der Waals surface area (Å²) in [6.07, 6.45) is 5.72. The highest BCUT2D eigenvalue weighted by Gasteiger charge is 2.23. The zero-order chi connectivity index (χ0) is 13.4. The predicted molar refractivity (Wildman–Crippen MR) is 75.6 cm³/mol. The Bertz CT molecular complexity index is 680. The lowest BCUT2D eigenvalue weighted by Crippen LogP contribution is -2.27. The second-order valence-electron chi connectivity index (χ2n) is 5.22. The minimum atomic E-state index is -0.0885. The molecule has 100 valence electrons. The van der Waals surface area contributed by atoms with Crippen molar-refractivity contribution >= 4 is 27.3 Å². The van der Waals surface area contributed by atoms with Gasteiger partial charge in [0.15, 0.2) is 5.78 Å². The lowest BCUT2D eigenvalue weighted by molar-refractivity contribution is -0.123. The number of hydrogen-bond donors (Lipinski definition) is 0. The van der Waals surface area contributed by atoms with Crippen molar-refractivity contribution in [2.75, 3.05) is 0 Å². The minimum Gasteiger partial charge on any atom is -0.297 e. The highest BCUT2D eigenvalue weighted by atomic mass is 32.1. The zero-order valence-electron chi connectivity index (χ0n) is 10.9. The quantitative estimate of drug-likeness (QED) is 0.865. The Morgan fingerprint density at radius 2 is 2.21 bits per heavy atom. The summed E-state index contributed by atoms with van der Waals surface area (Å²) in [7, 11) is 0. The van der Waals surface area contributed by atoms with Crippen LogP contribution >= 0.6 is 11.3 Å². The molecule has 2 aromatic rings. The lowest BCUT2D eigenvalue weighted by Gasteiger charge is -2.09. The molecule has 0 radical (unpaired) electrons. The van der Waals surface area contributed by atoms with E-state index < -0.39 is 0 Å². The largest absolute Gasteiger partial charge is 0.297 e. The second kappa shape index (κ2) is 4.89. The van der Waals surface area contributed by atoms with Crippen molar-refractivity contribution in [3.8, 4) is 0 Å². The van der Waals surface area contributed by atoms with E-state index in [1.165, 1.54) is 22.2 Å². The van der Waals surface area contributed by atoms with Crippen LogP contribution in [0.1, 0.15) is 31.2 Å². The Kier molecular flexibility index (Phi) is 3.22. The van der Waals surface area contributed by atoms with Gasteiger partial charge in [0.05, 0.1) is 18.4 Å². The number of ketones is 1. The fourth-order valence-electron chi connectivity index (χ4n) is 2.72. The summed E-state index contributed by atoms with van der Waals surface area (Å²) >= 11 is 1.41. The molecule has 0 aromatic carbocycles. The first-order valence-electron chi connectivity index (χ1n) is 6.63. The number of Topliss-reactive ketones (excluding diaryl/α,β-unsaturated/α-hetero) is 1. The average molecular weight is 276 g/mol. The monoisotopic (exact) mass is 276 g/mol. The van der Waals surface area contributed by atoms with Gasteiger partial charge in [-0.2, -0.15) is 0 Å². The molecule has 1 aliphatic rings. The van der Waals surface area contributed by atoms with E-state index in [1.54, 1.807) is 0 Å². The van der Waals surface area contributed by atoms with Crippen LogP contribution in [0, 0.1) is 12.8 Å². The summed E-state index contributed by atoms with van der Waals surface area (Å²) in [6, 6.07) is 0. The van der Waals surface area contributed by atoms with Gasteiger partial charge in [0, 0.05) is 5.92 Å². The summed E-state index contributed by atoms with van der Waals surface area (Å²) in [5, 5.41) is 1.93. The Morgan fingerprint density at radius 1 is 1.47 bits per heavy atom. The third-order valence-corrected chi connectivity index (χ3v) is 4.94. The first-order chi connectivity index (χ1) is 9.16. The number of rotatable bonds is 3. The molecule has 1 fully saturated rings. The summed E-state index contributed by atoms with van der Waals surface area (Å²) in [5.41, 5.74) is 1.69. The molecule has 0 atom stereocenters. The van der Waals surface area contributed by atoms with Crippen LogP contribution in [0.15, 0.2) is 16.5 Å². The minimum absolute atomic E-state index is 0.0885. The van der Waals surface area contributed by atoms with Crippen molar-refractivity contribution in [2.45, 2.75) is 39.2 Å². The van der Waals surface area contributed by atoms with E-state index in [-0.39, 0.29) is 23.8 Å². The molecule has 0 spiro atoms. The number of thiophene rings is 1. The van der Waals surface area contributed by atoms with Crippen LogP contribution < -0.4 is 5.56 Å². The number of carbonyl (C=O) groups is 1. The molecule has 0 aliphatic heterocycles. The molecule has 0 saturated heterocycles. The Hall–Kier alpha value is -1.49. The van der Waals surface area contributed by atoms with E-state index >= 15 is 0 Å². The number of hydrogen-bond acceptors (Lipinski definition) is 4. The molecule has 0 unspecified atom stereocenters. The predicted octanol–water partition coefficient (Wildman–Crippen LogP) is 2.53.